The smallest absolute Gasteiger partial charge is 0.312 e. The van der Waals surface area contributed by atoms with E-state index in [-0.39, 0.29) is 11.4 Å². The van der Waals surface area contributed by atoms with Crippen LogP contribution in [-0.2, 0) is 10.2 Å². The van der Waals surface area contributed by atoms with Crippen molar-refractivity contribution >= 4 is 5.97 Å². The molecule has 0 N–H and O–H groups in total. The van der Waals surface area contributed by atoms with Crippen molar-refractivity contribution < 1.29 is 14.3 Å². The number of carbonyl (C=O) groups excluding carboxylic acids is 1. The molecule has 1 aliphatic heterocycles. The predicted octanol–water partition coefficient (Wildman–Crippen LogP) is 2.28. The monoisotopic (exact) mass is 206 g/mol. The van der Waals surface area contributed by atoms with Gasteiger partial charge in [0, 0.05) is 11.0 Å². The second-order valence-electron chi connectivity index (χ2n) is 4.40. The molecule has 80 valence electrons. The summed E-state index contributed by atoms with van der Waals surface area (Å²) in [4.78, 5) is 11.3. The van der Waals surface area contributed by atoms with E-state index in [2.05, 4.69) is 0 Å². The molecule has 15 heavy (non-hydrogen) atoms. The lowest BCUT2D eigenvalue weighted by Crippen LogP contribution is -2.30. The summed E-state index contributed by atoms with van der Waals surface area (Å²) < 4.78 is 10.3. The molecule has 3 heteroatoms. The van der Waals surface area contributed by atoms with E-state index < -0.39 is 0 Å². The summed E-state index contributed by atoms with van der Waals surface area (Å²) in [6.45, 7) is 4.07. The zero-order valence-corrected chi connectivity index (χ0v) is 9.16. The molecule has 0 radical (unpaired) electrons. The summed E-state index contributed by atoms with van der Waals surface area (Å²) >= 11 is 0. The van der Waals surface area contributed by atoms with Crippen molar-refractivity contribution in [3.63, 3.8) is 0 Å². The van der Waals surface area contributed by atoms with Gasteiger partial charge in [-0.15, -0.1) is 0 Å². The molecule has 0 aromatic heterocycles. The van der Waals surface area contributed by atoms with Gasteiger partial charge in [0.25, 0.3) is 0 Å². The van der Waals surface area contributed by atoms with Crippen LogP contribution >= 0.6 is 0 Å². The van der Waals surface area contributed by atoms with Gasteiger partial charge in [-0.25, -0.2) is 0 Å². The normalized spacial score (nSPS) is 17.9. The molecule has 0 saturated carbocycles. The van der Waals surface area contributed by atoms with Gasteiger partial charge in [0.1, 0.15) is 11.5 Å². The largest absolute Gasteiger partial charge is 0.497 e. The van der Waals surface area contributed by atoms with Crippen molar-refractivity contribution in [1.82, 2.24) is 0 Å². The number of ether oxygens (including phenoxy) is 2. The van der Waals surface area contributed by atoms with Gasteiger partial charge in [0.2, 0.25) is 0 Å². The molecule has 0 spiro atoms. The fraction of sp³-hybridized carbons (Fsp3) is 0.417. The lowest BCUT2D eigenvalue weighted by Gasteiger charge is -2.30. The highest BCUT2D eigenvalue weighted by Crippen LogP contribution is 2.40. The van der Waals surface area contributed by atoms with Crippen LogP contribution in [0.1, 0.15) is 25.8 Å². The maximum absolute atomic E-state index is 11.3. The molecule has 0 unspecified atom stereocenters. The minimum atomic E-state index is -0.181. The molecule has 1 aromatic carbocycles. The highest BCUT2D eigenvalue weighted by molar-refractivity contribution is 5.77. The van der Waals surface area contributed by atoms with Crippen molar-refractivity contribution in [2.45, 2.75) is 25.7 Å². The number of carbonyl (C=O) groups is 1. The third kappa shape index (κ3) is 1.69. The van der Waals surface area contributed by atoms with E-state index >= 15 is 0 Å². The standard InChI is InChI=1S/C12H14O3/c1-12(2)7-11(13)15-10-5-4-8(14-3)6-9(10)12/h4-6H,7H2,1-3H3. The van der Waals surface area contributed by atoms with Crippen LogP contribution in [0.4, 0.5) is 0 Å². The van der Waals surface area contributed by atoms with Crippen LogP contribution in [0.2, 0.25) is 0 Å². The second-order valence-corrected chi connectivity index (χ2v) is 4.40. The Morgan fingerprint density at radius 2 is 2.13 bits per heavy atom. The number of hydrogen-bond donors (Lipinski definition) is 0. The van der Waals surface area contributed by atoms with Crippen LogP contribution in [0, 0.1) is 0 Å². The van der Waals surface area contributed by atoms with Crippen LogP contribution in [0.15, 0.2) is 18.2 Å². The third-order valence-corrected chi connectivity index (χ3v) is 2.73. The third-order valence-electron chi connectivity index (χ3n) is 2.73. The van der Waals surface area contributed by atoms with E-state index in [1.807, 2.05) is 19.9 Å². The Hall–Kier alpha value is -1.51. The molecule has 1 aliphatic rings. The van der Waals surface area contributed by atoms with Gasteiger partial charge in [0.15, 0.2) is 0 Å². The summed E-state index contributed by atoms with van der Waals surface area (Å²) in [5.74, 6) is 1.27. The van der Waals surface area contributed by atoms with Crippen LogP contribution in [0.25, 0.3) is 0 Å². The Balaban J connectivity index is 2.53. The van der Waals surface area contributed by atoms with E-state index in [4.69, 9.17) is 9.47 Å². The minimum Gasteiger partial charge on any atom is -0.497 e. The number of methoxy groups -OCH3 is 1. The molecule has 0 saturated heterocycles. The number of hydrogen-bond acceptors (Lipinski definition) is 3. The fourth-order valence-corrected chi connectivity index (χ4v) is 1.87. The number of benzene rings is 1. The van der Waals surface area contributed by atoms with E-state index in [0.29, 0.717) is 12.2 Å². The summed E-state index contributed by atoms with van der Waals surface area (Å²) in [6, 6.07) is 5.52. The number of rotatable bonds is 1. The molecule has 0 amide bonds. The Morgan fingerprint density at radius 1 is 1.40 bits per heavy atom. The Bertz CT molecular complexity index is 407. The van der Waals surface area contributed by atoms with Crippen molar-refractivity contribution in [2.75, 3.05) is 7.11 Å². The molecule has 3 nitrogen and oxygen atoms in total. The maximum atomic E-state index is 11.3. The van der Waals surface area contributed by atoms with Crippen molar-refractivity contribution in [2.24, 2.45) is 0 Å². The van der Waals surface area contributed by atoms with Crippen LogP contribution < -0.4 is 9.47 Å². The predicted molar refractivity (Wildman–Crippen MR) is 56.3 cm³/mol. The van der Waals surface area contributed by atoms with Gasteiger partial charge in [-0.05, 0) is 18.2 Å². The van der Waals surface area contributed by atoms with E-state index in [9.17, 15) is 4.79 Å². The molecule has 0 bridgehead atoms. The summed E-state index contributed by atoms with van der Waals surface area (Å²) in [5.41, 5.74) is 0.848. The van der Waals surface area contributed by atoms with Gasteiger partial charge < -0.3 is 9.47 Å². The molecule has 1 aromatic rings. The molecule has 0 atom stereocenters. The molecule has 1 heterocycles. The maximum Gasteiger partial charge on any atom is 0.312 e. The average Bonchev–Trinajstić information content (AvgIpc) is 2.16. The average molecular weight is 206 g/mol. The molecule has 0 aliphatic carbocycles. The fourth-order valence-electron chi connectivity index (χ4n) is 1.87. The van der Waals surface area contributed by atoms with E-state index in [1.165, 1.54) is 0 Å². The summed E-state index contributed by atoms with van der Waals surface area (Å²) in [7, 11) is 1.63. The first-order valence-electron chi connectivity index (χ1n) is 4.92. The topological polar surface area (TPSA) is 35.5 Å². The lowest BCUT2D eigenvalue weighted by atomic mass is 9.79. The zero-order valence-electron chi connectivity index (χ0n) is 9.16. The van der Waals surface area contributed by atoms with E-state index in [0.717, 1.165) is 11.3 Å². The molecular weight excluding hydrogens is 192 g/mol. The van der Waals surface area contributed by atoms with Crippen molar-refractivity contribution in [3.05, 3.63) is 23.8 Å². The number of fused-ring (bicyclic) bond motifs is 1. The van der Waals surface area contributed by atoms with Gasteiger partial charge >= 0.3 is 5.97 Å². The summed E-state index contributed by atoms with van der Waals surface area (Å²) in [6.07, 6.45) is 0.410. The Labute approximate surface area is 89.0 Å². The Kier molecular flexibility index (Phi) is 2.18. The lowest BCUT2D eigenvalue weighted by molar-refractivity contribution is -0.136. The Morgan fingerprint density at radius 3 is 2.80 bits per heavy atom. The molecule has 2 rings (SSSR count). The van der Waals surface area contributed by atoms with E-state index in [1.54, 1.807) is 19.2 Å². The van der Waals surface area contributed by atoms with Crippen molar-refractivity contribution in [3.8, 4) is 11.5 Å². The van der Waals surface area contributed by atoms with Gasteiger partial charge in [-0.3, -0.25) is 4.79 Å². The van der Waals surface area contributed by atoms with Gasteiger partial charge in [0.05, 0.1) is 13.5 Å². The molecular formula is C12H14O3. The second kappa shape index (κ2) is 3.26. The van der Waals surface area contributed by atoms with Crippen molar-refractivity contribution in [1.29, 1.82) is 0 Å². The van der Waals surface area contributed by atoms with Gasteiger partial charge in [-0.2, -0.15) is 0 Å². The first kappa shape index (κ1) is 10.0. The number of esters is 1. The highest BCUT2D eigenvalue weighted by atomic mass is 16.5. The van der Waals surface area contributed by atoms with Crippen LogP contribution in [-0.4, -0.2) is 13.1 Å². The first-order valence-corrected chi connectivity index (χ1v) is 4.92. The van der Waals surface area contributed by atoms with Crippen LogP contribution in [0.5, 0.6) is 11.5 Å². The zero-order chi connectivity index (χ0) is 11.1. The SMILES string of the molecule is COc1ccc2c(c1)C(C)(C)CC(=O)O2. The quantitative estimate of drug-likeness (QED) is 0.522. The molecule has 0 fully saturated rings. The summed E-state index contributed by atoms with van der Waals surface area (Å²) in [5, 5.41) is 0. The highest BCUT2D eigenvalue weighted by Gasteiger charge is 2.33. The van der Waals surface area contributed by atoms with Gasteiger partial charge in [-0.1, -0.05) is 13.8 Å². The minimum absolute atomic E-state index is 0.169. The first-order chi connectivity index (χ1) is 7.03. The van der Waals surface area contributed by atoms with Crippen LogP contribution in [0.3, 0.4) is 0 Å².